The van der Waals surface area contributed by atoms with Gasteiger partial charge < -0.3 is 5.32 Å². The molecule has 0 atom stereocenters. The molecule has 2 aromatic carbocycles. The number of para-hydroxylation sites is 1. The molecule has 1 N–H and O–H groups in total. The summed E-state index contributed by atoms with van der Waals surface area (Å²) < 4.78 is 1.03. The van der Waals surface area contributed by atoms with Crippen molar-refractivity contribution in [2.75, 3.05) is 11.6 Å². The SMILES string of the molecule is CS/C(C)=C(\C)C(=O)Nc1ccccc1-c1ccc(Br)cc1. The van der Waals surface area contributed by atoms with Crippen LogP contribution >= 0.6 is 27.7 Å². The Hall–Kier alpha value is -1.52. The summed E-state index contributed by atoms with van der Waals surface area (Å²) in [6.07, 6.45) is 1.97. The second-order valence-corrected chi connectivity index (χ2v) is 6.83. The number of benzene rings is 2. The first kappa shape index (κ1) is 16.8. The highest BCUT2D eigenvalue weighted by Crippen LogP contribution is 2.29. The summed E-state index contributed by atoms with van der Waals surface area (Å²) in [6, 6.07) is 15.9. The minimum absolute atomic E-state index is 0.0589. The van der Waals surface area contributed by atoms with Gasteiger partial charge in [0.05, 0.1) is 0 Å². The van der Waals surface area contributed by atoms with Crippen molar-refractivity contribution in [3.8, 4) is 11.1 Å². The lowest BCUT2D eigenvalue weighted by molar-refractivity contribution is -0.112. The minimum atomic E-state index is -0.0589. The normalized spacial score (nSPS) is 11.8. The summed E-state index contributed by atoms with van der Waals surface area (Å²) in [5, 5.41) is 3.02. The fourth-order valence-corrected chi connectivity index (χ4v) is 2.67. The lowest BCUT2D eigenvalue weighted by Crippen LogP contribution is -2.14. The molecule has 0 fully saturated rings. The Morgan fingerprint density at radius 2 is 1.68 bits per heavy atom. The molecule has 2 aromatic rings. The number of hydrogen-bond donors (Lipinski definition) is 1. The van der Waals surface area contributed by atoms with Crippen LogP contribution in [0.3, 0.4) is 0 Å². The first-order valence-electron chi connectivity index (χ1n) is 6.90. The van der Waals surface area contributed by atoms with E-state index in [9.17, 15) is 4.79 Å². The largest absolute Gasteiger partial charge is 0.322 e. The van der Waals surface area contributed by atoms with Crippen molar-refractivity contribution < 1.29 is 4.79 Å². The number of rotatable bonds is 4. The molecule has 2 rings (SSSR count). The van der Waals surface area contributed by atoms with E-state index in [1.54, 1.807) is 11.8 Å². The molecular weight excluding hydrogens is 358 g/mol. The Labute approximate surface area is 144 Å². The molecule has 0 radical (unpaired) electrons. The third-order valence-electron chi connectivity index (χ3n) is 3.51. The van der Waals surface area contributed by atoms with Gasteiger partial charge in [0.15, 0.2) is 0 Å². The number of allylic oxidation sites excluding steroid dienone is 1. The molecule has 0 saturated heterocycles. The van der Waals surface area contributed by atoms with Crippen LogP contribution in [-0.2, 0) is 4.79 Å². The van der Waals surface area contributed by atoms with Crippen LogP contribution < -0.4 is 5.32 Å². The predicted molar refractivity (Wildman–Crippen MR) is 100 cm³/mol. The third-order valence-corrected chi connectivity index (χ3v) is 4.95. The van der Waals surface area contributed by atoms with Gasteiger partial charge in [-0.15, -0.1) is 11.8 Å². The van der Waals surface area contributed by atoms with E-state index in [2.05, 4.69) is 21.2 Å². The van der Waals surface area contributed by atoms with E-state index in [4.69, 9.17) is 0 Å². The standard InChI is InChI=1S/C18H18BrNOS/c1-12(13(2)22-3)18(21)20-17-7-5-4-6-16(17)14-8-10-15(19)11-9-14/h4-11H,1-3H3,(H,20,21)/b13-12+. The molecule has 0 aromatic heterocycles. The number of hydrogen-bond acceptors (Lipinski definition) is 2. The van der Waals surface area contributed by atoms with Crippen molar-refractivity contribution in [3.05, 3.63) is 63.5 Å². The monoisotopic (exact) mass is 375 g/mol. The van der Waals surface area contributed by atoms with Crippen LogP contribution in [0.1, 0.15) is 13.8 Å². The number of carbonyl (C=O) groups excluding carboxylic acids is 1. The highest BCUT2D eigenvalue weighted by Gasteiger charge is 2.11. The van der Waals surface area contributed by atoms with E-state index in [0.717, 1.165) is 31.8 Å². The zero-order valence-electron chi connectivity index (χ0n) is 12.8. The van der Waals surface area contributed by atoms with Gasteiger partial charge in [0.25, 0.3) is 5.91 Å². The summed E-state index contributed by atoms with van der Waals surface area (Å²) in [5.41, 5.74) is 3.65. The second-order valence-electron chi connectivity index (χ2n) is 4.89. The fraction of sp³-hybridized carbons (Fsp3) is 0.167. The first-order chi connectivity index (χ1) is 10.5. The molecule has 22 heavy (non-hydrogen) atoms. The molecule has 0 aliphatic carbocycles. The molecular formula is C18H18BrNOS. The first-order valence-corrected chi connectivity index (χ1v) is 8.92. The van der Waals surface area contributed by atoms with Crippen LogP contribution in [0.15, 0.2) is 63.5 Å². The second kappa shape index (κ2) is 7.65. The number of anilines is 1. The van der Waals surface area contributed by atoms with Gasteiger partial charge in [-0.1, -0.05) is 46.3 Å². The molecule has 1 amide bonds. The average Bonchev–Trinajstić information content (AvgIpc) is 2.54. The van der Waals surface area contributed by atoms with Gasteiger partial charge in [0.2, 0.25) is 0 Å². The van der Waals surface area contributed by atoms with E-state index in [0.29, 0.717) is 0 Å². The molecule has 114 valence electrons. The van der Waals surface area contributed by atoms with E-state index in [1.165, 1.54) is 0 Å². The van der Waals surface area contributed by atoms with Crippen LogP contribution in [0.25, 0.3) is 11.1 Å². The smallest absolute Gasteiger partial charge is 0.252 e. The van der Waals surface area contributed by atoms with Crippen molar-refractivity contribution in [3.63, 3.8) is 0 Å². The van der Waals surface area contributed by atoms with Crippen LogP contribution in [0.5, 0.6) is 0 Å². The Balaban J connectivity index is 2.33. The van der Waals surface area contributed by atoms with Crippen molar-refractivity contribution in [2.24, 2.45) is 0 Å². The highest BCUT2D eigenvalue weighted by atomic mass is 79.9. The number of thioether (sulfide) groups is 1. The summed E-state index contributed by atoms with van der Waals surface area (Å²) in [6.45, 7) is 3.81. The van der Waals surface area contributed by atoms with Gasteiger partial charge in [0, 0.05) is 21.3 Å². The summed E-state index contributed by atoms with van der Waals surface area (Å²) in [7, 11) is 0. The zero-order chi connectivity index (χ0) is 16.1. The quantitative estimate of drug-likeness (QED) is 0.693. The van der Waals surface area contributed by atoms with Gasteiger partial charge in [0.1, 0.15) is 0 Å². The molecule has 4 heteroatoms. The summed E-state index contributed by atoms with van der Waals surface area (Å²) in [5.74, 6) is -0.0589. The zero-order valence-corrected chi connectivity index (χ0v) is 15.2. The summed E-state index contributed by atoms with van der Waals surface area (Å²) >= 11 is 5.03. The van der Waals surface area contributed by atoms with E-state index < -0.39 is 0 Å². The van der Waals surface area contributed by atoms with Crippen molar-refractivity contribution in [1.82, 2.24) is 0 Å². The van der Waals surface area contributed by atoms with E-state index in [1.807, 2.05) is 68.6 Å². The van der Waals surface area contributed by atoms with Gasteiger partial charge >= 0.3 is 0 Å². The van der Waals surface area contributed by atoms with Gasteiger partial charge in [-0.3, -0.25) is 4.79 Å². The molecule has 0 spiro atoms. The van der Waals surface area contributed by atoms with Crippen LogP contribution in [0, 0.1) is 0 Å². The van der Waals surface area contributed by atoms with Gasteiger partial charge in [-0.25, -0.2) is 0 Å². The Kier molecular flexibility index (Phi) is 5.86. The van der Waals surface area contributed by atoms with Gasteiger partial charge in [-0.05, 0) is 48.8 Å². The number of halogens is 1. The molecule has 2 nitrogen and oxygen atoms in total. The van der Waals surface area contributed by atoms with Crippen molar-refractivity contribution in [1.29, 1.82) is 0 Å². The highest BCUT2D eigenvalue weighted by molar-refractivity contribution is 9.10. The van der Waals surface area contributed by atoms with Crippen LogP contribution in [-0.4, -0.2) is 12.2 Å². The third kappa shape index (κ3) is 4.02. The minimum Gasteiger partial charge on any atom is -0.322 e. The number of amides is 1. The van der Waals surface area contributed by atoms with Gasteiger partial charge in [-0.2, -0.15) is 0 Å². The number of carbonyl (C=O) groups is 1. The molecule has 0 unspecified atom stereocenters. The lowest BCUT2D eigenvalue weighted by atomic mass is 10.0. The molecule has 0 aliphatic rings. The number of nitrogens with one attached hydrogen (secondary N) is 1. The maximum Gasteiger partial charge on any atom is 0.252 e. The lowest BCUT2D eigenvalue weighted by Gasteiger charge is -2.12. The van der Waals surface area contributed by atoms with Crippen molar-refractivity contribution in [2.45, 2.75) is 13.8 Å². The fourth-order valence-electron chi connectivity index (χ4n) is 2.00. The van der Waals surface area contributed by atoms with Crippen LogP contribution in [0.4, 0.5) is 5.69 Å². The Morgan fingerprint density at radius 3 is 2.32 bits per heavy atom. The average molecular weight is 376 g/mol. The molecule has 0 bridgehead atoms. The maximum absolute atomic E-state index is 12.4. The molecule has 0 saturated carbocycles. The summed E-state index contributed by atoms with van der Waals surface area (Å²) in [4.78, 5) is 13.4. The Bertz CT molecular complexity index is 707. The van der Waals surface area contributed by atoms with Crippen molar-refractivity contribution >= 4 is 39.3 Å². The topological polar surface area (TPSA) is 29.1 Å². The van der Waals surface area contributed by atoms with E-state index in [-0.39, 0.29) is 5.91 Å². The molecule has 0 heterocycles. The van der Waals surface area contributed by atoms with Crippen LogP contribution in [0.2, 0.25) is 0 Å². The molecule has 0 aliphatic heterocycles. The Morgan fingerprint density at radius 1 is 1.05 bits per heavy atom. The predicted octanol–water partition coefficient (Wildman–Crippen LogP) is 5.71. The maximum atomic E-state index is 12.4. The van der Waals surface area contributed by atoms with E-state index >= 15 is 0 Å².